The number of benzene rings is 1. The summed E-state index contributed by atoms with van der Waals surface area (Å²) in [5, 5.41) is 0. The Hall–Kier alpha value is -1.44. The van der Waals surface area contributed by atoms with Gasteiger partial charge < -0.3 is 0 Å². The van der Waals surface area contributed by atoms with Crippen molar-refractivity contribution in [2.75, 3.05) is 0 Å². The van der Waals surface area contributed by atoms with Gasteiger partial charge in [-0.05, 0) is 42.9 Å². The molecule has 70 valence electrons. The quantitative estimate of drug-likeness (QED) is 0.592. The van der Waals surface area contributed by atoms with Crippen molar-refractivity contribution < 1.29 is 0 Å². The lowest BCUT2D eigenvalue weighted by Crippen LogP contribution is -1.99. The van der Waals surface area contributed by atoms with Crippen molar-refractivity contribution in [1.29, 1.82) is 0 Å². The second-order valence-corrected chi connectivity index (χ2v) is 3.81. The number of hydrogen-bond acceptors (Lipinski definition) is 2. The summed E-state index contributed by atoms with van der Waals surface area (Å²) >= 11 is 0. The summed E-state index contributed by atoms with van der Waals surface area (Å²) in [6.45, 7) is 0. The van der Waals surface area contributed by atoms with Crippen LogP contribution >= 0.6 is 0 Å². The molecule has 0 bridgehead atoms. The molecule has 3 rings (SSSR count). The molecule has 0 radical (unpaired) electrons. The first-order valence-corrected chi connectivity index (χ1v) is 5.14. The van der Waals surface area contributed by atoms with E-state index in [1.165, 1.54) is 11.1 Å². The van der Waals surface area contributed by atoms with Gasteiger partial charge in [0, 0.05) is 12.4 Å². The monoisotopic (exact) mass is 184 g/mol. The maximum Gasteiger partial charge on any atom is 0.0679 e. The Morgan fingerprint density at radius 3 is 1.93 bits per heavy atom. The molecule has 1 aromatic carbocycles. The Morgan fingerprint density at radius 2 is 1.36 bits per heavy atom. The predicted molar refractivity (Wildman–Crippen MR) is 59.4 cm³/mol. The molecule has 0 fully saturated rings. The van der Waals surface area contributed by atoms with Crippen LogP contribution in [0.2, 0.25) is 0 Å². The first-order valence-electron chi connectivity index (χ1n) is 5.14. The summed E-state index contributed by atoms with van der Waals surface area (Å²) in [5.74, 6) is 0. The van der Waals surface area contributed by atoms with Crippen molar-refractivity contribution in [2.24, 2.45) is 9.98 Å². The fraction of sp³-hybridized carbons (Fsp3) is 0.333. The molecule has 2 heterocycles. The summed E-state index contributed by atoms with van der Waals surface area (Å²) in [6.07, 6.45) is 8.43. The van der Waals surface area contributed by atoms with Crippen molar-refractivity contribution in [3.05, 3.63) is 23.3 Å². The van der Waals surface area contributed by atoms with E-state index in [9.17, 15) is 0 Å². The standard InChI is InChI=1S/C12H12N2/c1-3-9-7-10-4-2-6-14-12(10)8-11(9)13-5-1/h5-8H,1-4H2. The third-order valence-corrected chi connectivity index (χ3v) is 2.83. The smallest absolute Gasteiger partial charge is 0.0679 e. The minimum absolute atomic E-state index is 1.08. The number of fused-ring (bicyclic) bond motifs is 2. The number of hydrogen-bond donors (Lipinski definition) is 0. The van der Waals surface area contributed by atoms with Crippen molar-refractivity contribution in [3.63, 3.8) is 0 Å². The SMILES string of the molecule is C1=Nc2cc3c(cc2CC1)CCC=N3. The van der Waals surface area contributed by atoms with Crippen LogP contribution in [-0.2, 0) is 12.8 Å². The van der Waals surface area contributed by atoms with E-state index in [0.29, 0.717) is 0 Å². The van der Waals surface area contributed by atoms with Gasteiger partial charge in [-0.1, -0.05) is 6.07 Å². The Balaban J connectivity index is 2.18. The van der Waals surface area contributed by atoms with Crippen LogP contribution in [0.3, 0.4) is 0 Å². The first-order chi connectivity index (χ1) is 6.93. The highest BCUT2D eigenvalue weighted by atomic mass is 14.8. The maximum atomic E-state index is 4.40. The predicted octanol–water partition coefficient (Wildman–Crippen LogP) is 2.98. The Labute approximate surface area is 83.4 Å². The Bertz CT molecular complexity index is 393. The van der Waals surface area contributed by atoms with E-state index in [-0.39, 0.29) is 0 Å². The van der Waals surface area contributed by atoms with Crippen LogP contribution in [-0.4, -0.2) is 12.4 Å². The van der Waals surface area contributed by atoms with Gasteiger partial charge in [0.25, 0.3) is 0 Å². The highest BCUT2D eigenvalue weighted by Gasteiger charge is 2.12. The molecule has 2 nitrogen and oxygen atoms in total. The third-order valence-electron chi connectivity index (χ3n) is 2.83. The Morgan fingerprint density at radius 1 is 0.786 bits per heavy atom. The van der Waals surface area contributed by atoms with Gasteiger partial charge in [-0.15, -0.1) is 0 Å². The topological polar surface area (TPSA) is 24.7 Å². The average Bonchev–Trinajstić information content (AvgIpc) is 2.26. The van der Waals surface area contributed by atoms with E-state index in [1.807, 2.05) is 12.4 Å². The molecule has 0 N–H and O–H groups in total. The van der Waals surface area contributed by atoms with E-state index >= 15 is 0 Å². The molecule has 14 heavy (non-hydrogen) atoms. The van der Waals surface area contributed by atoms with Crippen LogP contribution in [0.15, 0.2) is 22.1 Å². The van der Waals surface area contributed by atoms with Gasteiger partial charge in [0.05, 0.1) is 11.4 Å². The second-order valence-electron chi connectivity index (χ2n) is 3.81. The molecule has 0 aromatic heterocycles. The maximum absolute atomic E-state index is 4.40. The fourth-order valence-corrected chi connectivity index (χ4v) is 2.08. The summed E-state index contributed by atoms with van der Waals surface area (Å²) in [5.41, 5.74) is 5.02. The van der Waals surface area contributed by atoms with Crippen LogP contribution in [0.25, 0.3) is 0 Å². The van der Waals surface area contributed by atoms with E-state index in [1.54, 1.807) is 0 Å². The molecule has 2 heteroatoms. The number of aryl methyl sites for hydroxylation is 2. The first kappa shape index (κ1) is 7.92. The Kier molecular flexibility index (Phi) is 1.72. The van der Waals surface area contributed by atoms with Gasteiger partial charge in [0.2, 0.25) is 0 Å². The van der Waals surface area contributed by atoms with Gasteiger partial charge in [0.1, 0.15) is 0 Å². The van der Waals surface area contributed by atoms with Crippen molar-refractivity contribution in [2.45, 2.75) is 25.7 Å². The zero-order valence-corrected chi connectivity index (χ0v) is 8.03. The number of rotatable bonds is 0. The molecule has 0 amide bonds. The minimum atomic E-state index is 1.08. The van der Waals surface area contributed by atoms with E-state index < -0.39 is 0 Å². The van der Waals surface area contributed by atoms with Gasteiger partial charge in [-0.3, -0.25) is 9.98 Å². The summed E-state index contributed by atoms with van der Waals surface area (Å²) in [6, 6.07) is 4.41. The molecule has 0 aliphatic carbocycles. The number of nitrogens with zero attached hydrogens (tertiary/aromatic N) is 2. The highest BCUT2D eigenvalue weighted by molar-refractivity contribution is 5.75. The summed E-state index contributed by atoms with van der Waals surface area (Å²) in [7, 11) is 0. The zero-order chi connectivity index (χ0) is 9.38. The van der Waals surface area contributed by atoms with Crippen molar-refractivity contribution >= 4 is 23.8 Å². The largest absolute Gasteiger partial charge is 0.261 e. The lowest BCUT2D eigenvalue weighted by molar-refractivity contribution is 0.984. The normalized spacial score (nSPS) is 17.7. The van der Waals surface area contributed by atoms with Crippen molar-refractivity contribution in [3.8, 4) is 0 Å². The summed E-state index contributed by atoms with van der Waals surface area (Å²) < 4.78 is 0. The lowest BCUT2D eigenvalue weighted by Gasteiger charge is -2.15. The van der Waals surface area contributed by atoms with Crippen LogP contribution < -0.4 is 0 Å². The van der Waals surface area contributed by atoms with E-state index in [2.05, 4.69) is 22.1 Å². The van der Waals surface area contributed by atoms with Gasteiger partial charge in [-0.2, -0.15) is 0 Å². The van der Waals surface area contributed by atoms with Crippen LogP contribution in [0.1, 0.15) is 24.0 Å². The van der Waals surface area contributed by atoms with Crippen LogP contribution in [0, 0.1) is 0 Å². The van der Waals surface area contributed by atoms with Gasteiger partial charge >= 0.3 is 0 Å². The second kappa shape index (κ2) is 3.05. The van der Waals surface area contributed by atoms with E-state index in [0.717, 1.165) is 37.1 Å². The molecule has 2 aliphatic heterocycles. The van der Waals surface area contributed by atoms with Gasteiger partial charge in [-0.25, -0.2) is 0 Å². The molecule has 0 saturated carbocycles. The molecule has 2 aliphatic rings. The molecule has 0 unspecified atom stereocenters. The number of aliphatic imine (C=N–C) groups is 2. The summed E-state index contributed by atoms with van der Waals surface area (Å²) in [4.78, 5) is 8.80. The van der Waals surface area contributed by atoms with Crippen molar-refractivity contribution in [1.82, 2.24) is 0 Å². The van der Waals surface area contributed by atoms with E-state index in [4.69, 9.17) is 0 Å². The molecule has 0 saturated heterocycles. The lowest BCUT2D eigenvalue weighted by atomic mass is 9.97. The molecule has 0 spiro atoms. The molecule has 1 aromatic rings. The third kappa shape index (κ3) is 1.18. The molecule has 0 atom stereocenters. The van der Waals surface area contributed by atoms with Crippen LogP contribution in [0.5, 0.6) is 0 Å². The average molecular weight is 184 g/mol. The molecular formula is C12H12N2. The fourth-order valence-electron chi connectivity index (χ4n) is 2.08. The zero-order valence-electron chi connectivity index (χ0n) is 8.03. The highest BCUT2D eigenvalue weighted by Crippen LogP contribution is 2.34. The minimum Gasteiger partial charge on any atom is -0.261 e. The molecular weight excluding hydrogens is 172 g/mol. The van der Waals surface area contributed by atoms with Crippen LogP contribution in [0.4, 0.5) is 11.4 Å². The van der Waals surface area contributed by atoms with Gasteiger partial charge in [0.15, 0.2) is 0 Å².